The summed E-state index contributed by atoms with van der Waals surface area (Å²) in [5.41, 5.74) is 0.437. The number of carbonyl (C=O) groups is 2. The van der Waals surface area contributed by atoms with E-state index in [1.54, 1.807) is 24.1 Å². The highest BCUT2D eigenvalue weighted by molar-refractivity contribution is 5.92. The number of carbonyl (C=O) groups excluding carboxylic acids is 2. The summed E-state index contributed by atoms with van der Waals surface area (Å²) in [5, 5.41) is 12.2. The van der Waals surface area contributed by atoms with Gasteiger partial charge in [0.1, 0.15) is 5.75 Å². The van der Waals surface area contributed by atoms with Crippen LogP contribution in [0.15, 0.2) is 24.3 Å². The topological polar surface area (TPSA) is 72.9 Å². The largest absolute Gasteiger partial charge is 0.508 e. The summed E-state index contributed by atoms with van der Waals surface area (Å²) in [6.45, 7) is 6.48. The van der Waals surface area contributed by atoms with Gasteiger partial charge in [0, 0.05) is 31.2 Å². The number of benzene rings is 1. The first kappa shape index (κ1) is 16.1. The van der Waals surface area contributed by atoms with Crippen LogP contribution in [-0.2, 0) is 4.79 Å². The first-order valence-electron chi connectivity index (χ1n) is 7.32. The van der Waals surface area contributed by atoms with E-state index in [2.05, 4.69) is 5.32 Å². The quantitative estimate of drug-likeness (QED) is 0.877. The number of hydrogen-bond donors (Lipinski definition) is 2. The number of phenolic OH excluding ortho intramolecular Hbond substituents is 1. The number of aromatic hydroxyl groups is 1. The van der Waals surface area contributed by atoms with Crippen LogP contribution < -0.4 is 10.2 Å². The minimum absolute atomic E-state index is 0.0603. The summed E-state index contributed by atoms with van der Waals surface area (Å²) in [6, 6.07) is 5.93. The van der Waals surface area contributed by atoms with Crippen molar-refractivity contribution in [2.75, 3.05) is 18.5 Å². The highest BCUT2D eigenvalue weighted by Gasteiger charge is 2.37. The number of nitrogens with zero attached hydrogens (tertiary/aromatic N) is 2. The van der Waals surface area contributed by atoms with Gasteiger partial charge in [-0.1, -0.05) is 0 Å². The molecule has 1 atom stereocenters. The molecule has 0 aromatic heterocycles. The van der Waals surface area contributed by atoms with Gasteiger partial charge >= 0.3 is 6.03 Å². The van der Waals surface area contributed by atoms with Crippen molar-refractivity contribution >= 4 is 17.6 Å². The van der Waals surface area contributed by atoms with Gasteiger partial charge in [0.05, 0.1) is 6.04 Å². The zero-order valence-electron chi connectivity index (χ0n) is 13.5. The molecule has 1 unspecified atom stereocenters. The van der Waals surface area contributed by atoms with Gasteiger partial charge < -0.3 is 15.3 Å². The Balaban J connectivity index is 1.98. The van der Waals surface area contributed by atoms with Gasteiger partial charge in [-0.05, 0) is 45.0 Å². The third kappa shape index (κ3) is 3.50. The first-order chi connectivity index (χ1) is 10.2. The molecule has 1 aliphatic rings. The lowest BCUT2D eigenvalue weighted by Gasteiger charge is -2.32. The third-order valence-electron chi connectivity index (χ3n) is 3.80. The normalized spacial score (nSPS) is 18.5. The Morgan fingerprint density at radius 2 is 1.91 bits per heavy atom. The molecule has 1 fully saturated rings. The second kappa shape index (κ2) is 5.87. The molecule has 2 N–H and O–H groups in total. The van der Waals surface area contributed by atoms with Crippen LogP contribution in [0.1, 0.15) is 27.2 Å². The molecule has 0 saturated carbocycles. The highest BCUT2D eigenvalue weighted by atomic mass is 16.3. The van der Waals surface area contributed by atoms with Crippen molar-refractivity contribution in [2.24, 2.45) is 0 Å². The van der Waals surface area contributed by atoms with Crippen LogP contribution in [0.5, 0.6) is 5.75 Å². The number of hydrogen-bond acceptors (Lipinski definition) is 3. The lowest BCUT2D eigenvalue weighted by Crippen LogP contribution is -2.47. The monoisotopic (exact) mass is 305 g/mol. The SMILES string of the molecule is CN(C(=O)NC1CC(=O)N(C(C)(C)C)C1)c1ccc(O)cc1. The van der Waals surface area contributed by atoms with E-state index in [4.69, 9.17) is 0 Å². The van der Waals surface area contributed by atoms with Gasteiger partial charge in [-0.15, -0.1) is 0 Å². The average molecular weight is 305 g/mol. The Morgan fingerprint density at radius 3 is 2.41 bits per heavy atom. The van der Waals surface area contributed by atoms with Crippen LogP contribution in [0.2, 0.25) is 0 Å². The van der Waals surface area contributed by atoms with E-state index in [1.165, 1.54) is 17.0 Å². The van der Waals surface area contributed by atoms with Crippen molar-refractivity contribution < 1.29 is 14.7 Å². The summed E-state index contributed by atoms with van der Waals surface area (Å²) in [4.78, 5) is 27.5. The van der Waals surface area contributed by atoms with Gasteiger partial charge in [-0.3, -0.25) is 9.69 Å². The number of anilines is 1. The number of urea groups is 1. The van der Waals surface area contributed by atoms with Crippen LogP contribution in [0.25, 0.3) is 0 Å². The molecule has 3 amide bonds. The molecule has 0 spiro atoms. The summed E-state index contributed by atoms with van der Waals surface area (Å²) >= 11 is 0. The average Bonchev–Trinajstić information content (AvgIpc) is 2.79. The van der Waals surface area contributed by atoms with E-state index in [-0.39, 0.29) is 29.3 Å². The molecule has 22 heavy (non-hydrogen) atoms. The Labute approximate surface area is 130 Å². The van der Waals surface area contributed by atoms with Crippen molar-refractivity contribution in [1.29, 1.82) is 0 Å². The van der Waals surface area contributed by atoms with Crippen LogP contribution in [-0.4, -0.2) is 47.1 Å². The van der Waals surface area contributed by atoms with Gasteiger partial charge in [0.25, 0.3) is 0 Å². The number of nitrogens with one attached hydrogen (secondary N) is 1. The predicted molar refractivity (Wildman–Crippen MR) is 84.9 cm³/mol. The van der Waals surface area contributed by atoms with Crippen molar-refractivity contribution in [3.63, 3.8) is 0 Å². The molecule has 1 aromatic carbocycles. The molecular formula is C16H23N3O3. The minimum atomic E-state index is -0.265. The predicted octanol–water partition coefficient (Wildman–Crippen LogP) is 1.94. The van der Waals surface area contributed by atoms with Crippen LogP contribution in [0.4, 0.5) is 10.5 Å². The number of likely N-dealkylation sites (tertiary alicyclic amines) is 1. The van der Waals surface area contributed by atoms with Gasteiger partial charge in [-0.2, -0.15) is 0 Å². The van der Waals surface area contributed by atoms with E-state index < -0.39 is 0 Å². The molecule has 0 radical (unpaired) electrons. The van der Waals surface area contributed by atoms with E-state index in [1.807, 2.05) is 20.8 Å². The van der Waals surface area contributed by atoms with E-state index in [9.17, 15) is 14.7 Å². The van der Waals surface area contributed by atoms with E-state index >= 15 is 0 Å². The molecule has 120 valence electrons. The number of phenols is 1. The molecule has 0 bridgehead atoms. The zero-order chi connectivity index (χ0) is 16.5. The maximum atomic E-state index is 12.3. The lowest BCUT2D eigenvalue weighted by molar-refractivity contribution is -0.131. The van der Waals surface area contributed by atoms with Crippen molar-refractivity contribution in [3.05, 3.63) is 24.3 Å². The number of amides is 3. The van der Waals surface area contributed by atoms with Gasteiger partial charge in [-0.25, -0.2) is 4.79 Å². The molecule has 2 rings (SSSR count). The fourth-order valence-electron chi connectivity index (χ4n) is 2.52. The Bertz CT molecular complexity index is 563. The first-order valence-corrected chi connectivity index (χ1v) is 7.32. The summed E-state index contributed by atoms with van der Waals surface area (Å²) < 4.78 is 0. The Morgan fingerprint density at radius 1 is 1.32 bits per heavy atom. The van der Waals surface area contributed by atoms with Crippen molar-refractivity contribution in [1.82, 2.24) is 10.2 Å². The van der Waals surface area contributed by atoms with Gasteiger partial charge in [0.2, 0.25) is 5.91 Å². The van der Waals surface area contributed by atoms with E-state index in [0.717, 1.165) is 0 Å². The molecular weight excluding hydrogens is 282 g/mol. The van der Waals surface area contributed by atoms with Gasteiger partial charge in [0.15, 0.2) is 0 Å². The third-order valence-corrected chi connectivity index (χ3v) is 3.80. The molecule has 6 nitrogen and oxygen atoms in total. The highest BCUT2D eigenvalue weighted by Crippen LogP contribution is 2.22. The minimum Gasteiger partial charge on any atom is -0.508 e. The maximum Gasteiger partial charge on any atom is 0.321 e. The van der Waals surface area contributed by atoms with Crippen LogP contribution in [0.3, 0.4) is 0 Å². The molecule has 6 heteroatoms. The molecule has 1 aromatic rings. The van der Waals surface area contributed by atoms with Crippen LogP contribution >= 0.6 is 0 Å². The second-order valence-electron chi connectivity index (χ2n) is 6.60. The number of rotatable bonds is 2. The van der Waals surface area contributed by atoms with E-state index in [0.29, 0.717) is 18.7 Å². The van der Waals surface area contributed by atoms with Crippen LogP contribution in [0, 0.1) is 0 Å². The summed E-state index contributed by atoms with van der Waals surface area (Å²) in [6.07, 6.45) is 0.326. The molecule has 0 aliphatic carbocycles. The Hall–Kier alpha value is -2.24. The smallest absolute Gasteiger partial charge is 0.321 e. The maximum absolute atomic E-state index is 12.3. The second-order valence-corrected chi connectivity index (χ2v) is 6.60. The molecule has 1 saturated heterocycles. The fourth-order valence-corrected chi connectivity index (χ4v) is 2.52. The van der Waals surface area contributed by atoms with Crippen molar-refractivity contribution in [3.8, 4) is 5.75 Å². The molecule has 1 heterocycles. The Kier molecular flexibility index (Phi) is 4.30. The summed E-state index contributed by atoms with van der Waals surface area (Å²) in [5.74, 6) is 0.213. The zero-order valence-corrected chi connectivity index (χ0v) is 13.5. The summed E-state index contributed by atoms with van der Waals surface area (Å²) in [7, 11) is 1.65. The standard InChI is InChI=1S/C16H23N3O3/c1-16(2,3)19-10-11(9-14(19)21)17-15(22)18(4)12-5-7-13(20)8-6-12/h5-8,11,20H,9-10H2,1-4H3,(H,17,22). The molecule has 1 aliphatic heterocycles. The lowest BCUT2D eigenvalue weighted by atomic mass is 10.1. The van der Waals surface area contributed by atoms with Crippen molar-refractivity contribution in [2.45, 2.75) is 38.8 Å². The fraction of sp³-hybridized carbons (Fsp3) is 0.500.